The zero-order chi connectivity index (χ0) is 17.1. The van der Waals surface area contributed by atoms with Crippen molar-refractivity contribution in [2.24, 2.45) is 0 Å². The van der Waals surface area contributed by atoms with Crippen molar-refractivity contribution in [3.63, 3.8) is 0 Å². The zero-order valence-corrected chi connectivity index (χ0v) is 15.6. The molecule has 2 aromatic rings. The van der Waals surface area contributed by atoms with Gasteiger partial charge in [-0.15, -0.1) is 0 Å². The first-order valence-corrected chi connectivity index (χ1v) is 9.56. The van der Waals surface area contributed by atoms with Crippen molar-refractivity contribution >= 4 is 28.1 Å². The smallest absolute Gasteiger partial charge is 0.0250 e. The molecule has 1 heterocycles. The van der Waals surface area contributed by atoms with E-state index in [1.807, 2.05) is 24.6 Å². The number of hydrogen-bond donors (Lipinski definition) is 2. The Morgan fingerprint density at radius 2 is 1.68 bits per heavy atom. The summed E-state index contributed by atoms with van der Waals surface area (Å²) < 4.78 is 1.21. The summed E-state index contributed by atoms with van der Waals surface area (Å²) in [7, 11) is 0. The van der Waals surface area contributed by atoms with Gasteiger partial charge in [-0.2, -0.15) is 0 Å². The Morgan fingerprint density at radius 1 is 0.840 bits per heavy atom. The predicted octanol–water partition coefficient (Wildman–Crippen LogP) is 3.31. The highest BCUT2D eigenvalue weighted by atomic mass is 79.9. The molecule has 0 saturated carbocycles. The van der Waals surface area contributed by atoms with Crippen LogP contribution in [0, 0.1) is 10.4 Å². The van der Waals surface area contributed by atoms with E-state index >= 15 is 0 Å². The van der Waals surface area contributed by atoms with Crippen LogP contribution in [0.5, 0.6) is 0 Å². The molecule has 0 saturated heterocycles. The minimum absolute atomic E-state index is 1.07. The van der Waals surface area contributed by atoms with Crippen molar-refractivity contribution in [2.45, 2.75) is 25.7 Å². The van der Waals surface area contributed by atoms with Crippen LogP contribution in [0.15, 0.2) is 59.4 Å². The summed E-state index contributed by atoms with van der Waals surface area (Å²) in [5.74, 6) is 0. The molecule has 0 spiro atoms. The van der Waals surface area contributed by atoms with E-state index in [4.69, 9.17) is 0 Å². The predicted molar refractivity (Wildman–Crippen MR) is 108 cm³/mol. The first kappa shape index (κ1) is 16.2. The summed E-state index contributed by atoms with van der Waals surface area (Å²) in [6, 6.07) is 11.1. The van der Waals surface area contributed by atoms with Crippen LogP contribution >= 0.6 is 15.9 Å². The summed E-state index contributed by atoms with van der Waals surface area (Å²) in [5.41, 5.74) is 8.68. The molecule has 2 nitrogen and oxygen atoms in total. The van der Waals surface area contributed by atoms with Crippen molar-refractivity contribution in [2.75, 3.05) is 0 Å². The van der Waals surface area contributed by atoms with E-state index < -0.39 is 0 Å². The third kappa shape index (κ3) is 3.29. The molecule has 0 atom stereocenters. The monoisotopic (exact) mass is 392 g/mol. The van der Waals surface area contributed by atoms with Crippen LogP contribution in [0.2, 0.25) is 0 Å². The van der Waals surface area contributed by atoms with Gasteiger partial charge in [-0.25, -0.2) is 0 Å². The van der Waals surface area contributed by atoms with E-state index in [0.29, 0.717) is 0 Å². The molecule has 5 rings (SSSR count). The number of rotatable bonds is 0. The SMILES string of the molecule is Brc1cccc2c1=CCc1c3c(ccc1=2)=CCCC3.C1=CNNC=C1. The van der Waals surface area contributed by atoms with Crippen LogP contribution in [0.4, 0.5) is 0 Å². The normalized spacial score (nSPS) is 15.7. The Hall–Kier alpha value is -2.26. The molecule has 0 fully saturated rings. The van der Waals surface area contributed by atoms with E-state index in [0.717, 1.165) is 6.42 Å². The fraction of sp³-hybridized carbons (Fsp3) is 0.182. The molecule has 0 radical (unpaired) electrons. The molecule has 1 aliphatic heterocycles. The lowest BCUT2D eigenvalue weighted by molar-refractivity contribution is 0.767. The molecule has 0 aromatic heterocycles. The number of nitrogens with one attached hydrogen (secondary N) is 2. The van der Waals surface area contributed by atoms with Gasteiger partial charge in [-0.05, 0) is 75.9 Å². The first-order valence-electron chi connectivity index (χ1n) is 8.77. The van der Waals surface area contributed by atoms with Gasteiger partial charge in [0.2, 0.25) is 0 Å². The number of fused-ring (bicyclic) bond motifs is 4. The Bertz CT molecular complexity index is 1050. The largest absolute Gasteiger partial charge is 0.309 e. The van der Waals surface area contributed by atoms with Gasteiger partial charge in [0.1, 0.15) is 0 Å². The Labute approximate surface area is 156 Å². The van der Waals surface area contributed by atoms with Gasteiger partial charge >= 0.3 is 0 Å². The van der Waals surface area contributed by atoms with Crippen LogP contribution < -0.4 is 21.3 Å². The minimum atomic E-state index is 1.07. The van der Waals surface area contributed by atoms with Gasteiger partial charge in [0.25, 0.3) is 0 Å². The molecular formula is C22H21BrN2. The summed E-state index contributed by atoms with van der Waals surface area (Å²) >= 11 is 3.67. The molecule has 2 N–H and O–H groups in total. The maximum Gasteiger partial charge on any atom is 0.0250 e. The maximum absolute atomic E-state index is 3.67. The molecule has 3 aliphatic rings. The third-order valence-electron chi connectivity index (χ3n) is 4.87. The topological polar surface area (TPSA) is 24.1 Å². The van der Waals surface area contributed by atoms with Crippen LogP contribution in [0.1, 0.15) is 24.0 Å². The highest BCUT2D eigenvalue weighted by molar-refractivity contribution is 9.10. The number of halogens is 1. The fourth-order valence-electron chi connectivity index (χ4n) is 3.71. The molecule has 126 valence electrons. The molecular weight excluding hydrogens is 372 g/mol. The molecule has 25 heavy (non-hydrogen) atoms. The highest BCUT2D eigenvalue weighted by Crippen LogP contribution is 2.18. The Kier molecular flexibility index (Phi) is 4.75. The van der Waals surface area contributed by atoms with E-state index in [9.17, 15) is 0 Å². The lowest BCUT2D eigenvalue weighted by Gasteiger charge is -2.16. The lowest BCUT2D eigenvalue weighted by atomic mass is 9.89. The van der Waals surface area contributed by atoms with Crippen molar-refractivity contribution in [1.82, 2.24) is 10.9 Å². The second kappa shape index (κ2) is 7.32. The van der Waals surface area contributed by atoms with Crippen LogP contribution in [-0.2, 0) is 12.8 Å². The average molecular weight is 393 g/mol. The minimum Gasteiger partial charge on any atom is -0.309 e. The van der Waals surface area contributed by atoms with Gasteiger partial charge in [0, 0.05) is 16.9 Å². The zero-order valence-electron chi connectivity index (χ0n) is 14.1. The summed E-state index contributed by atoms with van der Waals surface area (Å²) in [4.78, 5) is 0. The summed E-state index contributed by atoms with van der Waals surface area (Å²) in [6.45, 7) is 0. The fourth-order valence-corrected chi connectivity index (χ4v) is 4.23. The quantitative estimate of drug-likeness (QED) is 0.718. The number of allylic oxidation sites excluding steroid dienone is 2. The van der Waals surface area contributed by atoms with Crippen molar-refractivity contribution in [1.29, 1.82) is 0 Å². The maximum atomic E-state index is 3.67. The van der Waals surface area contributed by atoms with Gasteiger partial charge in [0.15, 0.2) is 0 Å². The van der Waals surface area contributed by atoms with Crippen molar-refractivity contribution in [3.05, 3.63) is 91.4 Å². The van der Waals surface area contributed by atoms with E-state index in [1.165, 1.54) is 44.6 Å². The van der Waals surface area contributed by atoms with Gasteiger partial charge in [0.05, 0.1) is 0 Å². The first-order chi connectivity index (χ1) is 12.3. The third-order valence-corrected chi connectivity index (χ3v) is 5.56. The lowest BCUT2D eigenvalue weighted by Crippen LogP contribution is -2.21. The molecule has 3 heteroatoms. The van der Waals surface area contributed by atoms with Crippen molar-refractivity contribution < 1.29 is 0 Å². The number of hydrazine groups is 1. The van der Waals surface area contributed by atoms with Gasteiger partial charge in [-0.1, -0.05) is 52.3 Å². The highest BCUT2D eigenvalue weighted by Gasteiger charge is 2.11. The van der Waals surface area contributed by atoms with E-state index in [2.05, 4.69) is 69.3 Å². The Balaban J connectivity index is 0.000000223. The molecule has 2 aromatic carbocycles. The molecule has 0 unspecified atom stereocenters. The average Bonchev–Trinajstić information content (AvgIpc) is 2.69. The van der Waals surface area contributed by atoms with Gasteiger partial charge < -0.3 is 10.9 Å². The van der Waals surface area contributed by atoms with E-state index in [-0.39, 0.29) is 0 Å². The summed E-state index contributed by atoms with van der Waals surface area (Å²) in [5, 5.41) is 5.64. The van der Waals surface area contributed by atoms with Crippen LogP contribution in [0.3, 0.4) is 0 Å². The standard InChI is InChI=1S/C18H15Br.C4H6N2/c19-18-7-3-6-14-16-9-8-12-4-1-2-5-13(12)15(16)10-11-17(14)18;1-2-4-6-5-3-1/h3-4,6-9,11H,1-2,5,10H2;1-6H. The van der Waals surface area contributed by atoms with Crippen molar-refractivity contribution in [3.8, 4) is 0 Å². The van der Waals surface area contributed by atoms with Crippen LogP contribution in [0.25, 0.3) is 12.2 Å². The molecule has 2 aliphatic carbocycles. The summed E-state index contributed by atoms with van der Waals surface area (Å²) in [6.07, 6.45) is 17.1. The number of benzene rings is 2. The second-order valence-electron chi connectivity index (χ2n) is 6.37. The number of hydrogen-bond acceptors (Lipinski definition) is 2. The van der Waals surface area contributed by atoms with Crippen LogP contribution in [-0.4, -0.2) is 0 Å². The Morgan fingerprint density at radius 3 is 2.44 bits per heavy atom. The molecule has 0 bridgehead atoms. The molecule has 0 amide bonds. The van der Waals surface area contributed by atoms with Gasteiger partial charge in [-0.3, -0.25) is 0 Å². The van der Waals surface area contributed by atoms with E-state index in [1.54, 1.807) is 11.1 Å². The second-order valence-corrected chi connectivity index (χ2v) is 7.23.